The van der Waals surface area contributed by atoms with Crippen molar-refractivity contribution in [1.29, 1.82) is 0 Å². The van der Waals surface area contributed by atoms with Crippen LogP contribution >= 0.6 is 0 Å². The topological polar surface area (TPSA) is 80.3 Å². The van der Waals surface area contributed by atoms with Gasteiger partial charge < -0.3 is 19.5 Å². The minimum Gasteiger partial charge on any atom is -0.387 e. The van der Waals surface area contributed by atoms with E-state index in [1.165, 1.54) is 0 Å². The molecule has 24 heavy (non-hydrogen) atoms. The van der Waals surface area contributed by atoms with Crippen molar-refractivity contribution in [3.05, 3.63) is 66.1 Å². The molecule has 0 bridgehead atoms. The number of aryl methyl sites for hydroxylation is 1. The van der Waals surface area contributed by atoms with Gasteiger partial charge in [0.25, 0.3) is 5.91 Å². The summed E-state index contributed by atoms with van der Waals surface area (Å²) in [7, 11) is 1.87. The summed E-state index contributed by atoms with van der Waals surface area (Å²) < 4.78 is 7.07. The van der Waals surface area contributed by atoms with E-state index in [9.17, 15) is 9.90 Å². The molecule has 2 heterocycles. The molecule has 0 unspecified atom stereocenters. The van der Waals surface area contributed by atoms with Gasteiger partial charge in [0.1, 0.15) is 0 Å². The molecule has 0 aliphatic heterocycles. The molecule has 0 saturated heterocycles. The number of aliphatic hydroxyl groups is 1. The molecule has 2 N–H and O–H groups in total. The van der Waals surface area contributed by atoms with E-state index in [1.54, 1.807) is 6.07 Å². The molecule has 0 radical (unpaired) electrons. The molecule has 0 aliphatic rings. The van der Waals surface area contributed by atoms with Crippen molar-refractivity contribution in [2.75, 3.05) is 6.54 Å². The summed E-state index contributed by atoms with van der Waals surface area (Å²) in [5, 5.41) is 16.7. The molecule has 0 saturated carbocycles. The molecule has 0 fully saturated rings. The van der Waals surface area contributed by atoms with Gasteiger partial charge in [-0.05, 0) is 18.6 Å². The Balaban J connectivity index is 1.54. The van der Waals surface area contributed by atoms with Gasteiger partial charge in [0.05, 0.1) is 6.10 Å². The molecule has 124 valence electrons. The van der Waals surface area contributed by atoms with Crippen LogP contribution in [0, 0.1) is 0 Å². The number of amides is 1. The van der Waals surface area contributed by atoms with E-state index in [4.69, 9.17) is 4.52 Å². The molecule has 0 spiro atoms. The number of rotatable bonds is 6. The predicted octanol–water partition coefficient (Wildman–Crippen LogP) is 2.53. The summed E-state index contributed by atoms with van der Waals surface area (Å²) in [5.74, 6) is 0.226. The van der Waals surface area contributed by atoms with Crippen molar-refractivity contribution in [2.45, 2.75) is 12.5 Å². The van der Waals surface area contributed by atoms with Gasteiger partial charge >= 0.3 is 0 Å². The summed E-state index contributed by atoms with van der Waals surface area (Å²) >= 11 is 0. The molecule has 3 aromatic rings. The van der Waals surface area contributed by atoms with E-state index in [-0.39, 0.29) is 11.6 Å². The Morgan fingerprint density at radius 1 is 1.29 bits per heavy atom. The highest BCUT2D eigenvalue weighted by atomic mass is 16.5. The van der Waals surface area contributed by atoms with Crippen LogP contribution < -0.4 is 5.32 Å². The van der Waals surface area contributed by atoms with Gasteiger partial charge in [-0.25, -0.2) is 0 Å². The Bertz CT molecular complexity index is 808. The third-order valence-corrected chi connectivity index (χ3v) is 3.83. The maximum atomic E-state index is 12.1. The second-order valence-corrected chi connectivity index (χ2v) is 5.55. The predicted molar refractivity (Wildman–Crippen MR) is 89.3 cm³/mol. The van der Waals surface area contributed by atoms with E-state index in [2.05, 4.69) is 10.5 Å². The quantitative estimate of drug-likeness (QED) is 0.730. The standard InChI is InChI=1S/C18H19N3O3/c1-21-11-5-8-15(21)16(22)9-10-19-18(23)14-12-17(24-20-14)13-6-3-2-4-7-13/h2-8,11-12,16,22H,9-10H2,1H3,(H,19,23)/t16-/m0/s1. The van der Waals surface area contributed by atoms with E-state index in [1.807, 2.05) is 60.3 Å². The number of aromatic nitrogens is 2. The number of hydrogen-bond acceptors (Lipinski definition) is 4. The molecule has 1 aromatic carbocycles. The molecular weight excluding hydrogens is 306 g/mol. The number of carbonyl (C=O) groups is 1. The van der Waals surface area contributed by atoms with Crippen molar-refractivity contribution in [3.63, 3.8) is 0 Å². The van der Waals surface area contributed by atoms with E-state index < -0.39 is 6.10 Å². The lowest BCUT2D eigenvalue weighted by atomic mass is 10.1. The maximum absolute atomic E-state index is 12.1. The number of aliphatic hydroxyl groups excluding tert-OH is 1. The van der Waals surface area contributed by atoms with Crippen molar-refractivity contribution in [2.24, 2.45) is 7.05 Å². The van der Waals surface area contributed by atoms with E-state index >= 15 is 0 Å². The van der Waals surface area contributed by atoms with Crippen LogP contribution in [0.5, 0.6) is 0 Å². The summed E-state index contributed by atoms with van der Waals surface area (Å²) in [5.41, 5.74) is 1.91. The second kappa shape index (κ2) is 7.14. The lowest BCUT2D eigenvalue weighted by Gasteiger charge is -2.12. The zero-order valence-electron chi connectivity index (χ0n) is 13.3. The fourth-order valence-corrected chi connectivity index (χ4v) is 2.50. The Kier molecular flexibility index (Phi) is 4.77. The highest BCUT2D eigenvalue weighted by Crippen LogP contribution is 2.20. The number of nitrogens with one attached hydrogen (secondary N) is 1. The Morgan fingerprint density at radius 2 is 2.08 bits per heavy atom. The van der Waals surface area contributed by atoms with Crippen molar-refractivity contribution >= 4 is 5.91 Å². The monoisotopic (exact) mass is 325 g/mol. The third-order valence-electron chi connectivity index (χ3n) is 3.83. The van der Waals surface area contributed by atoms with Crippen LogP contribution in [-0.2, 0) is 7.05 Å². The van der Waals surface area contributed by atoms with Gasteiger partial charge in [0.15, 0.2) is 11.5 Å². The zero-order chi connectivity index (χ0) is 16.9. The van der Waals surface area contributed by atoms with Crippen LogP contribution in [-0.4, -0.2) is 27.3 Å². The van der Waals surface area contributed by atoms with Crippen LogP contribution in [0.4, 0.5) is 0 Å². The van der Waals surface area contributed by atoms with Crippen molar-refractivity contribution < 1.29 is 14.4 Å². The lowest BCUT2D eigenvalue weighted by Crippen LogP contribution is -2.26. The first kappa shape index (κ1) is 16.0. The van der Waals surface area contributed by atoms with Crippen LogP contribution in [0.25, 0.3) is 11.3 Å². The molecule has 1 atom stereocenters. The van der Waals surface area contributed by atoms with Crippen LogP contribution in [0.3, 0.4) is 0 Å². The SMILES string of the molecule is Cn1cccc1[C@@H](O)CCNC(=O)c1cc(-c2ccccc2)on1. The molecule has 2 aromatic heterocycles. The smallest absolute Gasteiger partial charge is 0.273 e. The minimum atomic E-state index is -0.623. The van der Waals surface area contributed by atoms with Crippen molar-refractivity contribution in [1.82, 2.24) is 15.0 Å². The number of nitrogens with zero attached hydrogens (tertiary/aromatic N) is 2. The Morgan fingerprint density at radius 3 is 2.79 bits per heavy atom. The summed E-state index contributed by atoms with van der Waals surface area (Å²) in [6, 6.07) is 14.8. The molecule has 6 heteroatoms. The molecule has 1 amide bonds. The van der Waals surface area contributed by atoms with Crippen LogP contribution in [0.1, 0.15) is 28.7 Å². The van der Waals surface area contributed by atoms with Gasteiger partial charge in [-0.15, -0.1) is 0 Å². The summed E-state index contributed by atoms with van der Waals surface area (Å²) in [4.78, 5) is 12.1. The number of carbonyl (C=O) groups excluding carboxylic acids is 1. The van der Waals surface area contributed by atoms with Crippen LogP contribution in [0.2, 0.25) is 0 Å². The highest BCUT2D eigenvalue weighted by molar-refractivity contribution is 5.93. The van der Waals surface area contributed by atoms with Crippen molar-refractivity contribution in [3.8, 4) is 11.3 Å². The van der Waals surface area contributed by atoms with E-state index in [0.717, 1.165) is 11.3 Å². The van der Waals surface area contributed by atoms with Gasteiger partial charge in [-0.3, -0.25) is 4.79 Å². The summed E-state index contributed by atoms with van der Waals surface area (Å²) in [6.07, 6.45) is 1.67. The fraction of sp³-hybridized carbons (Fsp3) is 0.222. The van der Waals surface area contributed by atoms with Gasteiger partial charge in [-0.1, -0.05) is 35.5 Å². The minimum absolute atomic E-state index is 0.224. The number of benzene rings is 1. The van der Waals surface area contributed by atoms with Gasteiger partial charge in [0, 0.05) is 37.1 Å². The maximum Gasteiger partial charge on any atom is 0.273 e. The molecular formula is C18H19N3O3. The normalized spacial score (nSPS) is 12.1. The first-order valence-electron chi connectivity index (χ1n) is 7.75. The first-order valence-corrected chi connectivity index (χ1v) is 7.75. The molecule has 6 nitrogen and oxygen atoms in total. The average molecular weight is 325 g/mol. The van der Waals surface area contributed by atoms with Gasteiger partial charge in [-0.2, -0.15) is 0 Å². The number of hydrogen-bond donors (Lipinski definition) is 2. The largest absolute Gasteiger partial charge is 0.387 e. The molecule has 3 rings (SSSR count). The van der Waals surface area contributed by atoms with Crippen LogP contribution in [0.15, 0.2) is 59.3 Å². The second-order valence-electron chi connectivity index (χ2n) is 5.55. The fourth-order valence-electron chi connectivity index (χ4n) is 2.50. The third kappa shape index (κ3) is 3.55. The Hall–Kier alpha value is -2.86. The Labute approximate surface area is 139 Å². The average Bonchev–Trinajstić information content (AvgIpc) is 3.24. The summed E-state index contributed by atoms with van der Waals surface area (Å²) in [6.45, 7) is 0.346. The van der Waals surface area contributed by atoms with Gasteiger partial charge in [0.2, 0.25) is 0 Å². The zero-order valence-corrected chi connectivity index (χ0v) is 13.3. The highest BCUT2D eigenvalue weighted by Gasteiger charge is 2.15. The molecule has 0 aliphatic carbocycles. The lowest BCUT2D eigenvalue weighted by molar-refractivity contribution is 0.0932. The van der Waals surface area contributed by atoms with E-state index in [0.29, 0.717) is 18.7 Å². The first-order chi connectivity index (χ1) is 11.6.